The van der Waals surface area contributed by atoms with E-state index in [0.29, 0.717) is 36.7 Å². The van der Waals surface area contributed by atoms with E-state index < -0.39 is 6.04 Å². The first-order chi connectivity index (χ1) is 16.6. The van der Waals surface area contributed by atoms with Gasteiger partial charge in [-0.05, 0) is 49.4 Å². The smallest absolute Gasteiger partial charge is 0.260 e. The van der Waals surface area contributed by atoms with Gasteiger partial charge in [0.1, 0.15) is 17.3 Å². The van der Waals surface area contributed by atoms with Crippen molar-refractivity contribution in [1.29, 1.82) is 0 Å². The minimum atomic E-state index is -0.469. The van der Waals surface area contributed by atoms with E-state index in [-0.39, 0.29) is 11.3 Å². The lowest BCUT2D eigenvalue weighted by Gasteiger charge is -2.39. The van der Waals surface area contributed by atoms with Crippen LogP contribution in [0.1, 0.15) is 28.8 Å². The number of aromatic hydroxyl groups is 1. The maximum atomic E-state index is 13.8. The summed E-state index contributed by atoms with van der Waals surface area (Å²) in [6.07, 6.45) is 5.11. The van der Waals surface area contributed by atoms with Crippen LogP contribution in [0.4, 0.5) is 5.82 Å². The normalized spacial score (nSPS) is 15.4. The van der Waals surface area contributed by atoms with E-state index in [1.807, 2.05) is 49.4 Å². The van der Waals surface area contributed by atoms with Crippen molar-refractivity contribution < 1.29 is 9.52 Å². The maximum absolute atomic E-state index is 13.8. The van der Waals surface area contributed by atoms with Gasteiger partial charge in [0.05, 0.1) is 30.1 Å². The molecule has 5 heterocycles. The Bertz CT molecular complexity index is 1280. The first-order valence-corrected chi connectivity index (χ1v) is 11.4. The van der Waals surface area contributed by atoms with Crippen LogP contribution in [0.25, 0.3) is 0 Å². The number of hydrogen-bond donors (Lipinski definition) is 1. The number of nitrogens with zero attached hydrogens (tertiary/aromatic N) is 5. The summed E-state index contributed by atoms with van der Waals surface area (Å²) < 4.78 is 7.12. The lowest BCUT2D eigenvalue weighted by molar-refractivity contribution is 0.204. The third kappa shape index (κ3) is 4.32. The van der Waals surface area contributed by atoms with Crippen molar-refractivity contribution in [2.75, 3.05) is 31.1 Å². The molecule has 174 valence electrons. The van der Waals surface area contributed by atoms with Gasteiger partial charge in [0.25, 0.3) is 5.56 Å². The number of rotatable bonds is 6. The van der Waals surface area contributed by atoms with Crippen LogP contribution < -0.4 is 10.5 Å². The highest BCUT2D eigenvalue weighted by Crippen LogP contribution is 2.32. The van der Waals surface area contributed by atoms with E-state index in [1.165, 1.54) is 0 Å². The van der Waals surface area contributed by atoms with Gasteiger partial charge < -0.3 is 19.0 Å². The number of furan rings is 1. The van der Waals surface area contributed by atoms with Crippen molar-refractivity contribution in [2.24, 2.45) is 0 Å². The molecule has 0 aliphatic carbocycles. The van der Waals surface area contributed by atoms with Crippen LogP contribution in [0.2, 0.25) is 0 Å². The fraction of sp³-hybridized carbons (Fsp3) is 0.269. The average molecular weight is 458 g/mol. The molecule has 1 aliphatic rings. The monoisotopic (exact) mass is 457 g/mol. The number of pyridine rings is 3. The Hall–Kier alpha value is -3.91. The molecule has 5 rings (SSSR count). The molecule has 1 atom stereocenters. The number of anilines is 1. The molecular formula is C26H27N5O3. The van der Waals surface area contributed by atoms with Crippen LogP contribution in [-0.2, 0) is 6.54 Å². The van der Waals surface area contributed by atoms with Crippen LogP contribution in [-0.4, -0.2) is 50.7 Å². The molecule has 8 nitrogen and oxygen atoms in total. The fourth-order valence-electron chi connectivity index (χ4n) is 4.59. The molecule has 4 aromatic rings. The summed E-state index contributed by atoms with van der Waals surface area (Å²) in [5.41, 5.74) is 1.50. The number of aromatic nitrogens is 3. The molecule has 1 saturated heterocycles. The SMILES string of the molecule is Cc1cc(O)c([C@@H](c2ccccn2)N2CCN(c3ccccn3)CC2)c(=O)n1Cc1ccco1. The van der Waals surface area contributed by atoms with Crippen molar-refractivity contribution in [3.8, 4) is 5.75 Å². The molecule has 1 N–H and O–H groups in total. The van der Waals surface area contributed by atoms with Crippen molar-refractivity contribution in [3.05, 3.63) is 106 Å². The predicted molar refractivity (Wildman–Crippen MR) is 129 cm³/mol. The third-order valence-electron chi connectivity index (χ3n) is 6.31. The quantitative estimate of drug-likeness (QED) is 0.476. The minimum Gasteiger partial charge on any atom is -0.507 e. The van der Waals surface area contributed by atoms with Gasteiger partial charge in [0, 0.05) is 44.3 Å². The molecule has 4 aromatic heterocycles. The Labute approximate surface area is 197 Å². The first-order valence-electron chi connectivity index (χ1n) is 11.4. The van der Waals surface area contributed by atoms with E-state index >= 15 is 0 Å². The van der Waals surface area contributed by atoms with Gasteiger partial charge in [0.2, 0.25) is 0 Å². The zero-order valence-electron chi connectivity index (χ0n) is 19.0. The topological polar surface area (TPSA) is 87.6 Å². The van der Waals surface area contributed by atoms with Gasteiger partial charge in [-0.15, -0.1) is 0 Å². The first kappa shape index (κ1) is 21.9. The molecule has 0 amide bonds. The Morgan fingerprint density at radius 3 is 2.41 bits per heavy atom. The van der Waals surface area contributed by atoms with Gasteiger partial charge in [-0.25, -0.2) is 4.98 Å². The lowest BCUT2D eigenvalue weighted by atomic mass is 9.99. The fourth-order valence-corrected chi connectivity index (χ4v) is 4.59. The minimum absolute atomic E-state index is 0.0130. The van der Waals surface area contributed by atoms with E-state index in [2.05, 4.69) is 19.8 Å². The molecule has 0 aromatic carbocycles. The second-order valence-corrected chi connectivity index (χ2v) is 8.42. The highest BCUT2D eigenvalue weighted by atomic mass is 16.3. The molecule has 0 radical (unpaired) electrons. The molecule has 0 bridgehead atoms. The van der Waals surface area contributed by atoms with E-state index in [1.54, 1.807) is 35.4 Å². The van der Waals surface area contributed by atoms with Crippen LogP contribution in [0, 0.1) is 6.92 Å². The Balaban J connectivity index is 1.52. The maximum Gasteiger partial charge on any atom is 0.260 e. The van der Waals surface area contributed by atoms with Crippen LogP contribution in [0.5, 0.6) is 5.75 Å². The molecule has 0 unspecified atom stereocenters. The van der Waals surface area contributed by atoms with E-state index in [0.717, 1.165) is 24.6 Å². The van der Waals surface area contributed by atoms with E-state index in [4.69, 9.17) is 4.42 Å². The highest BCUT2D eigenvalue weighted by molar-refractivity contribution is 5.41. The van der Waals surface area contributed by atoms with Gasteiger partial charge in [0.15, 0.2) is 0 Å². The second kappa shape index (κ2) is 9.52. The number of aryl methyl sites for hydroxylation is 1. The number of hydrogen-bond acceptors (Lipinski definition) is 7. The summed E-state index contributed by atoms with van der Waals surface area (Å²) >= 11 is 0. The molecule has 0 saturated carbocycles. The molecule has 1 aliphatic heterocycles. The summed E-state index contributed by atoms with van der Waals surface area (Å²) in [4.78, 5) is 27.3. The highest BCUT2D eigenvalue weighted by Gasteiger charge is 2.32. The van der Waals surface area contributed by atoms with Crippen LogP contribution in [0.15, 0.2) is 82.5 Å². The molecule has 34 heavy (non-hydrogen) atoms. The summed E-state index contributed by atoms with van der Waals surface area (Å²) in [7, 11) is 0. The predicted octanol–water partition coefficient (Wildman–Crippen LogP) is 3.21. The number of piperazine rings is 1. The van der Waals surface area contributed by atoms with E-state index in [9.17, 15) is 9.90 Å². The van der Waals surface area contributed by atoms with Crippen molar-refractivity contribution in [2.45, 2.75) is 19.5 Å². The van der Waals surface area contributed by atoms with Crippen molar-refractivity contribution in [1.82, 2.24) is 19.4 Å². The van der Waals surface area contributed by atoms with Crippen LogP contribution in [0.3, 0.4) is 0 Å². The molecular weight excluding hydrogens is 430 g/mol. The Morgan fingerprint density at radius 1 is 1.00 bits per heavy atom. The standard InChI is InChI=1S/C26H27N5O3/c1-19-17-22(32)24(26(33)31(19)18-20-7-6-16-34-20)25(21-8-2-4-10-27-21)30-14-12-29(13-15-30)23-9-3-5-11-28-23/h2-11,16-17,25,32H,12-15,18H2,1H3/t25-/m1/s1. The summed E-state index contributed by atoms with van der Waals surface area (Å²) in [6, 6.07) is 16.4. The zero-order chi connectivity index (χ0) is 23.5. The summed E-state index contributed by atoms with van der Waals surface area (Å²) in [5.74, 6) is 1.61. The Kier molecular flexibility index (Phi) is 6.14. The Morgan fingerprint density at radius 2 is 1.76 bits per heavy atom. The van der Waals surface area contributed by atoms with Crippen molar-refractivity contribution >= 4 is 5.82 Å². The molecule has 8 heteroatoms. The molecule has 0 spiro atoms. The van der Waals surface area contributed by atoms with Crippen molar-refractivity contribution in [3.63, 3.8) is 0 Å². The molecule has 1 fully saturated rings. The van der Waals surface area contributed by atoms with Crippen LogP contribution >= 0.6 is 0 Å². The zero-order valence-corrected chi connectivity index (χ0v) is 19.0. The van der Waals surface area contributed by atoms with Gasteiger partial charge in [-0.2, -0.15) is 0 Å². The van der Waals surface area contributed by atoms with Gasteiger partial charge in [-0.3, -0.25) is 14.7 Å². The second-order valence-electron chi connectivity index (χ2n) is 8.42. The lowest BCUT2D eigenvalue weighted by Crippen LogP contribution is -2.49. The largest absolute Gasteiger partial charge is 0.507 e. The van der Waals surface area contributed by atoms with Gasteiger partial charge in [-0.1, -0.05) is 12.1 Å². The average Bonchev–Trinajstić information content (AvgIpc) is 3.39. The summed E-state index contributed by atoms with van der Waals surface area (Å²) in [6.45, 7) is 5.02. The summed E-state index contributed by atoms with van der Waals surface area (Å²) in [5, 5.41) is 11.0. The third-order valence-corrected chi connectivity index (χ3v) is 6.31. The van der Waals surface area contributed by atoms with Gasteiger partial charge >= 0.3 is 0 Å².